The van der Waals surface area contributed by atoms with Crippen LogP contribution in [0.4, 0.5) is 0 Å². The molecule has 0 amide bonds. The standard InChI is InChI=1S/C16H33N3O/c1-4-14-10-6-5-8-12-19(14)13-9-7-11-16(2,3)15(17)18-20/h14,20H,4-13H2,1-3H3,(H2,17,18). The van der Waals surface area contributed by atoms with Gasteiger partial charge in [0.05, 0.1) is 0 Å². The normalized spacial score (nSPS) is 22.8. The second kappa shape index (κ2) is 8.50. The summed E-state index contributed by atoms with van der Waals surface area (Å²) in [5.74, 6) is 0.346. The molecule has 1 aliphatic rings. The molecule has 0 aliphatic carbocycles. The van der Waals surface area contributed by atoms with Crippen LogP contribution in [0.1, 0.15) is 72.1 Å². The average Bonchev–Trinajstić information content (AvgIpc) is 2.67. The molecule has 1 atom stereocenters. The maximum Gasteiger partial charge on any atom is 0.144 e. The Labute approximate surface area is 124 Å². The summed E-state index contributed by atoms with van der Waals surface area (Å²) in [6.45, 7) is 8.86. The molecule has 0 radical (unpaired) electrons. The van der Waals surface area contributed by atoms with Crippen LogP contribution in [0.25, 0.3) is 0 Å². The van der Waals surface area contributed by atoms with E-state index in [9.17, 15) is 0 Å². The smallest absolute Gasteiger partial charge is 0.144 e. The quantitative estimate of drug-likeness (QED) is 0.247. The Kier molecular flexibility index (Phi) is 7.35. The van der Waals surface area contributed by atoms with Gasteiger partial charge in [-0.2, -0.15) is 0 Å². The van der Waals surface area contributed by atoms with E-state index in [-0.39, 0.29) is 5.41 Å². The zero-order valence-corrected chi connectivity index (χ0v) is 13.6. The number of unbranched alkanes of at least 4 members (excludes halogenated alkanes) is 1. The molecule has 118 valence electrons. The summed E-state index contributed by atoms with van der Waals surface area (Å²) < 4.78 is 0. The molecule has 1 fully saturated rings. The molecule has 1 unspecified atom stereocenters. The highest BCUT2D eigenvalue weighted by Crippen LogP contribution is 2.24. The van der Waals surface area contributed by atoms with Crippen molar-refractivity contribution in [1.29, 1.82) is 0 Å². The second-order valence-electron chi connectivity index (χ2n) is 6.77. The van der Waals surface area contributed by atoms with Gasteiger partial charge in [-0.25, -0.2) is 0 Å². The zero-order valence-electron chi connectivity index (χ0n) is 13.6. The second-order valence-corrected chi connectivity index (χ2v) is 6.77. The van der Waals surface area contributed by atoms with Gasteiger partial charge in [-0.3, -0.25) is 0 Å². The monoisotopic (exact) mass is 283 g/mol. The third kappa shape index (κ3) is 5.31. The first-order valence-electron chi connectivity index (χ1n) is 8.23. The fourth-order valence-electron chi connectivity index (χ4n) is 3.14. The lowest BCUT2D eigenvalue weighted by Gasteiger charge is -2.29. The van der Waals surface area contributed by atoms with E-state index in [1.54, 1.807) is 0 Å². The maximum absolute atomic E-state index is 8.78. The minimum atomic E-state index is -0.197. The van der Waals surface area contributed by atoms with Crippen molar-refractivity contribution in [2.75, 3.05) is 13.1 Å². The van der Waals surface area contributed by atoms with Gasteiger partial charge in [-0.05, 0) is 45.2 Å². The van der Waals surface area contributed by atoms with E-state index in [2.05, 4.69) is 17.0 Å². The molecule has 0 spiro atoms. The Morgan fingerprint density at radius 3 is 2.70 bits per heavy atom. The molecule has 0 aromatic rings. The fraction of sp³-hybridized carbons (Fsp3) is 0.938. The van der Waals surface area contributed by atoms with E-state index in [1.165, 1.54) is 51.6 Å². The first-order chi connectivity index (χ1) is 9.51. The van der Waals surface area contributed by atoms with Crippen LogP contribution in [-0.4, -0.2) is 35.1 Å². The average molecular weight is 283 g/mol. The molecule has 20 heavy (non-hydrogen) atoms. The highest BCUT2D eigenvalue weighted by atomic mass is 16.4. The number of amidine groups is 1. The first kappa shape index (κ1) is 17.3. The van der Waals surface area contributed by atoms with Crippen LogP contribution in [0.3, 0.4) is 0 Å². The van der Waals surface area contributed by atoms with Crippen LogP contribution >= 0.6 is 0 Å². The highest BCUT2D eigenvalue weighted by molar-refractivity contribution is 5.85. The van der Waals surface area contributed by atoms with Crippen LogP contribution in [0.5, 0.6) is 0 Å². The van der Waals surface area contributed by atoms with Crippen LogP contribution in [0, 0.1) is 5.41 Å². The van der Waals surface area contributed by atoms with Crippen LogP contribution < -0.4 is 5.73 Å². The molecular weight excluding hydrogens is 250 g/mol. The summed E-state index contributed by atoms with van der Waals surface area (Å²) in [4.78, 5) is 2.68. The lowest BCUT2D eigenvalue weighted by molar-refractivity contribution is 0.189. The van der Waals surface area contributed by atoms with Crippen molar-refractivity contribution in [3.05, 3.63) is 0 Å². The Bertz CT molecular complexity index is 302. The number of rotatable bonds is 7. The summed E-state index contributed by atoms with van der Waals surface area (Å²) in [6.07, 6.45) is 10.1. The van der Waals surface area contributed by atoms with Gasteiger partial charge >= 0.3 is 0 Å². The SMILES string of the molecule is CCC1CCCCCN1CCCCC(C)(C)C(N)=NO. The molecule has 4 heteroatoms. The van der Waals surface area contributed by atoms with Crippen molar-refractivity contribution in [3.8, 4) is 0 Å². The molecule has 4 nitrogen and oxygen atoms in total. The first-order valence-corrected chi connectivity index (χ1v) is 8.23. The third-order valence-corrected chi connectivity index (χ3v) is 4.77. The molecule has 3 N–H and O–H groups in total. The number of nitrogens with two attached hydrogens (primary N) is 1. The Morgan fingerprint density at radius 2 is 2.05 bits per heavy atom. The van der Waals surface area contributed by atoms with E-state index < -0.39 is 0 Å². The lowest BCUT2D eigenvalue weighted by atomic mass is 9.86. The predicted octanol–water partition coefficient (Wildman–Crippen LogP) is 3.58. The zero-order chi connectivity index (χ0) is 15.0. The van der Waals surface area contributed by atoms with Gasteiger partial charge in [0.25, 0.3) is 0 Å². The number of hydrogen-bond acceptors (Lipinski definition) is 3. The van der Waals surface area contributed by atoms with Crippen molar-refractivity contribution in [3.63, 3.8) is 0 Å². The minimum Gasteiger partial charge on any atom is -0.409 e. The molecule has 1 rings (SSSR count). The van der Waals surface area contributed by atoms with Crippen molar-refractivity contribution in [2.24, 2.45) is 16.3 Å². The largest absolute Gasteiger partial charge is 0.409 e. The number of nitrogens with zero attached hydrogens (tertiary/aromatic N) is 2. The summed E-state index contributed by atoms with van der Waals surface area (Å²) >= 11 is 0. The Balaban J connectivity index is 2.32. The molecule has 0 aromatic heterocycles. The summed E-state index contributed by atoms with van der Waals surface area (Å²) in [5.41, 5.74) is 5.53. The van der Waals surface area contributed by atoms with Gasteiger partial charge < -0.3 is 15.8 Å². The molecular formula is C16H33N3O. The maximum atomic E-state index is 8.78. The number of likely N-dealkylation sites (tertiary alicyclic amines) is 1. The number of oxime groups is 1. The summed E-state index contributed by atoms with van der Waals surface area (Å²) in [7, 11) is 0. The van der Waals surface area contributed by atoms with Gasteiger partial charge in [0.15, 0.2) is 0 Å². The molecule has 1 heterocycles. The third-order valence-electron chi connectivity index (χ3n) is 4.77. The molecule has 0 aromatic carbocycles. The minimum absolute atomic E-state index is 0.197. The topological polar surface area (TPSA) is 61.8 Å². The van der Waals surface area contributed by atoms with Crippen molar-refractivity contribution >= 4 is 5.84 Å². The van der Waals surface area contributed by atoms with Crippen LogP contribution in [0.2, 0.25) is 0 Å². The predicted molar refractivity (Wildman–Crippen MR) is 85.2 cm³/mol. The van der Waals surface area contributed by atoms with Crippen LogP contribution in [0.15, 0.2) is 5.16 Å². The molecule has 1 aliphatic heterocycles. The van der Waals surface area contributed by atoms with Crippen molar-refractivity contribution in [2.45, 2.75) is 78.2 Å². The Morgan fingerprint density at radius 1 is 1.30 bits per heavy atom. The Hall–Kier alpha value is -0.770. The van der Waals surface area contributed by atoms with Crippen LogP contribution in [-0.2, 0) is 0 Å². The van der Waals surface area contributed by atoms with Gasteiger partial charge in [-0.15, -0.1) is 0 Å². The number of hydrogen-bond donors (Lipinski definition) is 2. The summed E-state index contributed by atoms with van der Waals surface area (Å²) in [6, 6.07) is 0.787. The lowest BCUT2D eigenvalue weighted by Crippen LogP contribution is -2.35. The van der Waals surface area contributed by atoms with E-state index in [1.807, 2.05) is 13.8 Å². The van der Waals surface area contributed by atoms with E-state index >= 15 is 0 Å². The van der Waals surface area contributed by atoms with Gasteiger partial charge in [0, 0.05) is 11.5 Å². The van der Waals surface area contributed by atoms with Gasteiger partial charge in [-0.1, -0.05) is 45.2 Å². The molecule has 1 saturated heterocycles. The van der Waals surface area contributed by atoms with Gasteiger partial charge in [0.2, 0.25) is 0 Å². The highest BCUT2D eigenvalue weighted by Gasteiger charge is 2.23. The van der Waals surface area contributed by atoms with E-state index in [0.29, 0.717) is 5.84 Å². The fourth-order valence-corrected chi connectivity index (χ4v) is 3.14. The molecule has 0 bridgehead atoms. The molecule has 0 saturated carbocycles. The van der Waals surface area contributed by atoms with E-state index in [4.69, 9.17) is 10.9 Å². The van der Waals surface area contributed by atoms with E-state index in [0.717, 1.165) is 18.9 Å². The summed E-state index contributed by atoms with van der Waals surface area (Å²) in [5, 5.41) is 11.9. The van der Waals surface area contributed by atoms with Crippen molar-refractivity contribution < 1.29 is 5.21 Å². The van der Waals surface area contributed by atoms with Crippen molar-refractivity contribution in [1.82, 2.24) is 4.90 Å². The van der Waals surface area contributed by atoms with Gasteiger partial charge in [0.1, 0.15) is 5.84 Å².